The van der Waals surface area contributed by atoms with Gasteiger partial charge in [-0.25, -0.2) is 0 Å². The van der Waals surface area contributed by atoms with Crippen LogP contribution in [0.5, 0.6) is 0 Å². The number of hydrogen-bond donors (Lipinski definition) is 0. The van der Waals surface area contributed by atoms with Gasteiger partial charge in [0.25, 0.3) is 0 Å². The first-order valence-corrected chi connectivity index (χ1v) is 5.82. The highest BCUT2D eigenvalue weighted by atomic mass is 14.0. The molecule has 0 atom stereocenters. The lowest BCUT2D eigenvalue weighted by Crippen LogP contribution is -1.79. The fraction of sp³-hybridized carbons (Fsp3) is 0.692. The molecule has 1 aliphatic carbocycles. The molecule has 0 spiro atoms. The molecular formula is C13H22. The van der Waals surface area contributed by atoms with Crippen LogP contribution in [0.15, 0.2) is 24.3 Å². The molecule has 0 aromatic rings. The summed E-state index contributed by atoms with van der Waals surface area (Å²) in [5.41, 5.74) is 0. The molecule has 0 nitrogen and oxygen atoms in total. The van der Waals surface area contributed by atoms with Crippen molar-refractivity contribution >= 4 is 0 Å². The van der Waals surface area contributed by atoms with Crippen molar-refractivity contribution < 1.29 is 0 Å². The molecule has 0 amide bonds. The largest absolute Gasteiger partial charge is 0.0845 e. The van der Waals surface area contributed by atoms with E-state index in [1.165, 1.54) is 57.8 Å². The highest BCUT2D eigenvalue weighted by Gasteiger charge is 1.91. The van der Waals surface area contributed by atoms with E-state index in [2.05, 4.69) is 24.3 Å². The lowest BCUT2D eigenvalue weighted by Gasteiger charge is -1.99. The van der Waals surface area contributed by atoms with Gasteiger partial charge in [-0.2, -0.15) is 0 Å². The summed E-state index contributed by atoms with van der Waals surface area (Å²) in [6.07, 6.45) is 21.5. The maximum absolute atomic E-state index is 2.30. The summed E-state index contributed by atoms with van der Waals surface area (Å²) >= 11 is 0. The molecule has 1 aliphatic rings. The van der Waals surface area contributed by atoms with Crippen molar-refractivity contribution in [2.75, 3.05) is 0 Å². The standard InChI is InChI=1S/C13H22/c1-2-4-6-8-10-12-13-11-9-7-5-3-1/h1-4H,5-13H2/b3-1-,4-2?. The van der Waals surface area contributed by atoms with Crippen molar-refractivity contribution in [3.05, 3.63) is 24.3 Å². The first-order chi connectivity index (χ1) is 6.50. The predicted octanol–water partition coefficient (Wildman–Crippen LogP) is 4.62. The first-order valence-electron chi connectivity index (χ1n) is 5.82. The molecule has 0 aliphatic heterocycles. The summed E-state index contributed by atoms with van der Waals surface area (Å²) in [6, 6.07) is 0. The van der Waals surface area contributed by atoms with Crippen LogP contribution in [0.3, 0.4) is 0 Å². The van der Waals surface area contributed by atoms with Crippen molar-refractivity contribution in [1.29, 1.82) is 0 Å². The highest BCUT2D eigenvalue weighted by molar-refractivity contribution is 5.02. The van der Waals surface area contributed by atoms with Crippen LogP contribution in [0, 0.1) is 0 Å². The van der Waals surface area contributed by atoms with Gasteiger partial charge in [-0.15, -0.1) is 0 Å². The molecule has 0 heteroatoms. The molecule has 0 unspecified atom stereocenters. The minimum Gasteiger partial charge on any atom is -0.0845 e. The van der Waals surface area contributed by atoms with Gasteiger partial charge in [-0.3, -0.25) is 0 Å². The molecule has 0 saturated heterocycles. The molecule has 13 heavy (non-hydrogen) atoms. The third kappa shape index (κ3) is 6.62. The van der Waals surface area contributed by atoms with Crippen LogP contribution in [0.1, 0.15) is 57.8 Å². The third-order valence-corrected chi connectivity index (χ3v) is 2.62. The SMILES string of the molecule is C1=CCCCCCCCCC/C=C\1. The van der Waals surface area contributed by atoms with Crippen molar-refractivity contribution in [2.24, 2.45) is 0 Å². The summed E-state index contributed by atoms with van der Waals surface area (Å²) < 4.78 is 0. The van der Waals surface area contributed by atoms with E-state index in [-0.39, 0.29) is 0 Å². The number of allylic oxidation sites excluding steroid dienone is 4. The van der Waals surface area contributed by atoms with Gasteiger partial charge in [-0.1, -0.05) is 56.4 Å². The second kappa shape index (κ2) is 8.10. The average Bonchev–Trinajstić information content (AvgIpc) is 2.18. The van der Waals surface area contributed by atoms with Crippen molar-refractivity contribution in [3.8, 4) is 0 Å². The fourth-order valence-electron chi connectivity index (χ4n) is 1.76. The second-order valence-corrected chi connectivity index (χ2v) is 3.91. The maximum Gasteiger partial charge on any atom is -0.0348 e. The van der Waals surface area contributed by atoms with E-state index >= 15 is 0 Å². The molecule has 0 saturated carbocycles. The van der Waals surface area contributed by atoms with Crippen molar-refractivity contribution in [2.45, 2.75) is 57.8 Å². The van der Waals surface area contributed by atoms with Crippen LogP contribution in [-0.2, 0) is 0 Å². The van der Waals surface area contributed by atoms with Gasteiger partial charge in [0.2, 0.25) is 0 Å². The molecule has 0 bridgehead atoms. The van der Waals surface area contributed by atoms with Crippen LogP contribution in [0.2, 0.25) is 0 Å². The zero-order chi connectivity index (χ0) is 9.19. The molecule has 0 fully saturated rings. The quantitative estimate of drug-likeness (QED) is 0.507. The average molecular weight is 178 g/mol. The topological polar surface area (TPSA) is 0 Å². The molecular weight excluding hydrogens is 156 g/mol. The Morgan fingerprint density at radius 3 is 1.31 bits per heavy atom. The first kappa shape index (κ1) is 10.6. The van der Waals surface area contributed by atoms with Crippen molar-refractivity contribution in [3.63, 3.8) is 0 Å². The van der Waals surface area contributed by atoms with Gasteiger partial charge in [0.1, 0.15) is 0 Å². The van der Waals surface area contributed by atoms with Gasteiger partial charge in [0.15, 0.2) is 0 Å². The zero-order valence-corrected chi connectivity index (χ0v) is 8.67. The lowest BCUT2D eigenvalue weighted by molar-refractivity contribution is 0.584. The molecule has 1 rings (SSSR count). The molecule has 0 heterocycles. The Bertz CT molecular complexity index is 135. The van der Waals surface area contributed by atoms with E-state index < -0.39 is 0 Å². The van der Waals surface area contributed by atoms with Crippen LogP contribution in [0.25, 0.3) is 0 Å². The van der Waals surface area contributed by atoms with Gasteiger partial charge in [0, 0.05) is 0 Å². The summed E-state index contributed by atoms with van der Waals surface area (Å²) in [5, 5.41) is 0. The monoisotopic (exact) mass is 178 g/mol. The third-order valence-electron chi connectivity index (χ3n) is 2.62. The van der Waals surface area contributed by atoms with Crippen molar-refractivity contribution in [1.82, 2.24) is 0 Å². The summed E-state index contributed by atoms with van der Waals surface area (Å²) in [7, 11) is 0. The summed E-state index contributed by atoms with van der Waals surface area (Å²) in [4.78, 5) is 0. The summed E-state index contributed by atoms with van der Waals surface area (Å²) in [6.45, 7) is 0. The van der Waals surface area contributed by atoms with Gasteiger partial charge in [-0.05, 0) is 25.7 Å². The summed E-state index contributed by atoms with van der Waals surface area (Å²) in [5.74, 6) is 0. The second-order valence-electron chi connectivity index (χ2n) is 3.91. The van der Waals surface area contributed by atoms with E-state index in [9.17, 15) is 0 Å². The van der Waals surface area contributed by atoms with Gasteiger partial charge >= 0.3 is 0 Å². The Kier molecular flexibility index (Phi) is 6.58. The highest BCUT2D eigenvalue weighted by Crippen LogP contribution is 2.10. The zero-order valence-electron chi connectivity index (χ0n) is 8.67. The molecule has 0 radical (unpaired) electrons. The van der Waals surface area contributed by atoms with E-state index in [1.54, 1.807) is 0 Å². The van der Waals surface area contributed by atoms with Gasteiger partial charge in [0.05, 0.1) is 0 Å². The number of rotatable bonds is 0. The lowest BCUT2D eigenvalue weighted by atomic mass is 10.1. The molecule has 74 valence electrons. The molecule has 0 aromatic carbocycles. The molecule has 0 N–H and O–H groups in total. The Morgan fingerprint density at radius 2 is 0.846 bits per heavy atom. The Morgan fingerprint density at radius 1 is 0.462 bits per heavy atom. The van der Waals surface area contributed by atoms with Crippen LogP contribution in [-0.4, -0.2) is 0 Å². The van der Waals surface area contributed by atoms with E-state index in [0.29, 0.717) is 0 Å². The predicted molar refractivity (Wildman–Crippen MR) is 59.8 cm³/mol. The number of hydrogen-bond acceptors (Lipinski definition) is 0. The van der Waals surface area contributed by atoms with Crippen LogP contribution >= 0.6 is 0 Å². The smallest absolute Gasteiger partial charge is 0.0348 e. The van der Waals surface area contributed by atoms with E-state index in [4.69, 9.17) is 0 Å². The van der Waals surface area contributed by atoms with Crippen LogP contribution < -0.4 is 0 Å². The van der Waals surface area contributed by atoms with Gasteiger partial charge < -0.3 is 0 Å². The Balaban J connectivity index is 2.18. The Hall–Kier alpha value is -0.520. The van der Waals surface area contributed by atoms with E-state index in [1.807, 2.05) is 0 Å². The van der Waals surface area contributed by atoms with E-state index in [0.717, 1.165) is 0 Å². The maximum atomic E-state index is 2.30. The minimum atomic E-state index is 1.27. The van der Waals surface area contributed by atoms with Crippen LogP contribution in [0.4, 0.5) is 0 Å². The Labute approximate surface area is 82.7 Å². The minimum absolute atomic E-state index is 1.27. The fourth-order valence-corrected chi connectivity index (χ4v) is 1.76. The normalized spacial score (nSPS) is 24.0. The molecule has 0 aromatic heterocycles.